The number of hydrogen-bond acceptors (Lipinski definition) is 4. The summed E-state index contributed by atoms with van der Waals surface area (Å²) in [5.74, 6) is 0.943. The summed E-state index contributed by atoms with van der Waals surface area (Å²) in [4.78, 5) is 0. The largest absolute Gasteiger partial charge is 0.508 e. The molecule has 0 amide bonds. The Morgan fingerprint density at radius 3 is 2.87 bits per heavy atom. The Morgan fingerprint density at radius 1 is 1.40 bits per heavy atom. The van der Waals surface area contributed by atoms with Gasteiger partial charge in [-0.05, 0) is 42.3 Å². The summed E-state index contributed by atoms with van der Waals surface area (Å²) < 4.78 is 0. The van der Waals surface area contributed by atoms with E-state index in [-0.39, 0.29) is 12.4 Å². The molecule has 0 spiro atoms. The molecule has 0 heterocycles. The topological polar surface area (TPSA) is 64.2 Å². The molecule has 0 aromatic heterocycles. The second-order valence-electron chi connectivity index (χ2n) is 3.16. The Hall–Kier alpha value is -1.18. The molecule has 4 heteroatoms. The van der Waals surface area contributed by atoms with Crippen molar-refractivity contribution in [1.29, 1.82) is 5.26 Å². The van der Waals surface area contributed by atoms with Crippen molar-refractivity contribution in [3.63, 3.8) is 0 Å². The van der Waals surface area contributed by atoms with E-state index in [0.717, 1.165) is 24.2 Å². The van der Waals surface area contributed by atoms with Crippen molar-refractivity contribution in [2.45, 2.75) is 19.4 Å². The lowest BCUT2D eigenvalue weighted by molar-refractivity contribution is 0.275. The number of aromatic hydroxyl groups is 1. The fourth-order valence-corrected chi connectivity index (χ4v) is 1.70. The van der Waals surface area contributed by atoms with E-state index in [1.54, 1.807) is 12.1 Å². The molecule has 0 aliphatic carbocycles. The van der Waals surface area contributed by atoms with Crippen LogP contribution in [-0.2, 0) is 13.0 Å². The van der Waals surface area contributed by atoms with Gasteiger partial charge in [-0.15, -0.1) is 0 Å². The summed E-state index contributed by atoms with van der Waals surface area (Å²) in [7, 11) is 0. The number of aryl methyl sites for hydroxylation is 1. The number of hydrogen-bond donors (Lipinski definition) is 2. The van der Waals surface area contributed by atoms with Crippen LogP contribution in [0, 0.1) is 10.7 Å². The summed E-state index contributed by atoms with van der Waals surface area (Å²) in [5, 5.41) is 28.6. The Kier molecular flexibility index (Phi) is 5.02. The van der Waals surface area contributed by atoms with Gasteiger partial charge >= 0.3 is 0 Å². The summed E-state index contributed by atoms with van der Waals surface area (Å²) >= 11 is 1.25. The van der Waals surface area contributed by atoms with Gasteiger partial charge in [-0.3, -0.25) is 0 Å². The summed E-state index contributed by atoms with van der Waals surface area (Å²) in [5.41, 5.74) is 1.64. The molecule has 1 aromatic rings. The third-order valence-corrected chi connectivity index (χ3v) is 2.71. The van der Waals surface area contributed by atoms with Gasteiger partial charge < -0.3 is 10.2 Å². The van der Waals surface area contributed by atoms with E-state index in [9.17, 15) is 5.11 Å². The number of thiocyanates is 1. The molecular formula is C11H13NO2S. The molecule has 0 aliphatic heterocycles. The van der Waals surface area contributed by atoms with E-state index in [4.69, 9.17) is 10.4 Å². The summed E-state index contributed by atoms with van der Waals surface area (Å²) in [6, 6.07) is 5.23. The van der Waals surface area contributed by atoms with Gasteiger partial charge in [0.1, 0.15) is 11.2 Å². The van der Waals surface area contributed by atoms with Gasteiger partial charge in [-0.2, -0.15) is 5.26 Å². The van der Waals surface area contributed by atoms with Crippen LogP contribution in [0.25, 0.3) is 0 Å². The van der Waals surface area contributed by atoms with Gasteiger partial charge in [0.05, 0.1) is 6.61 Å². The number of phenols is 1. The molecule has 0 saturated carbocycles. The van der Waals surface area contributed by atoms with Crippen LogP contribution in [0.5, 0.6) is 5.75 Å². The van der Waals surface area contributed by atoms with Crippen LogP contribution in [0.15, 0.2) is 18.2 Å². The number of nitrogens with zero attached hydrogens (tertiary/aromatic N) is 1. The maximum absolute atomic E-state index is 9.34. The van der Waals surface area contributed by atoms with Crippen LogP contribution in [0.3, 0.4) is 0 Å². The lowest BCUT2D eigenvalue weighted by Gasteiger charge is -2.04. The van der Waals surface area contributed by atoms with Crippen molar-refractivity contribution >= 4 is 11.8 Å². The SMILES string of the molecule is N#CSCCCc1ccc(O)c(CO)c1. The van der Waals surface area contributed by atoms with E-state index in [1.807, 2.05) is 11.5 Å². The first-order valence-corrected chi connectivity index (χ1v) is 5.69. The third-order valence-electron chi connectivity index (χ3n) is 2.09. The van der Waals surface area contributed by atoms with Crippen LogP contribution in [0.1, 0.15) is 17.5 Å². The maximum atomic E-state index is 9.34. The maximum Gasteiger partial charge on any atom is 0.133 e. The predicted octanol–water partition coefficient (Wildman–Crippen LogP) is 2.03. The van der Waals surface area contributed by atoms with E-state index in [0.29, 0.717) is 5.56 Å². The molecule has 3 nitrogen and oxygen atoms in total. The van der Waals surface area contributed by atoms with Crippen molar-refractivity contribution in [2.24, 2.45) is 0 Å². The minimum absolute atomic E-state index is 0.132. The predicted molar refractivity (Wildman–Crippen MR) is 60.4 cm³/mol. The number of aliphatic hydroxyl groups is 1. The van der Waals surface area contributed by atoms with Gasteiger partial charge in [-0.25, -0.2) is 0 Å². The minimum Gasteiger partial charge on any atom is -0.508 e. The van der Waals surface area contributed by atoms with E-state index >= 15 is 0 Å². The van der Waals surface area contributed by atoms with Gasteiger partial charge in [0.2, 0.25) is 0 Å². The van der Waals surface area contributed by atoms with Crippen molar-refractivity contribution < 1.29 is 10.2 Å². The van der Waals surface area contributed by atoms with E-state index in [2.05, 4.69) is 0 Å². The molecule has 80 valence electrons. The number of rotatable bonds is 5. The highest BCUT2D eigenvalue weighted by molar-refractivity contribution is 8.03. The number of benzene rings is 1. The Labute approximate surface area is 93.4 Å². The Morgan fingerprint density at radius 2 is 2.20 bits per heavy atom. The molecule has 1 rings (SSSR count). The Balaban J connectivity index is 2.52. The monoisotopic (exact) mass is 223 g/mol. The van der Waals surface area contributed by atoms with Crippen LogP contribution in [0.2, 0.25) is 0 Å². The average molecular weight is 223 g/mol. The quantitative estimate of drug-likeness (QED) is 0.592. The molecule has 0 radical (unpaired) electrons. The lowest BCUT2D eigenvalue weighted by Crippen LogP contribution is -1.91. The molecule has 0 aliphatic rings. The molecule has 0 saturated heterocycles. The normalized spacial score (nSPS) is 9.87. The summed E-state index contributed by atoms with van der Waals surface area (Å²) in [6.45, 7) is -0.146. The molecule has 0 atom stereocenters. The molecule has 0 fully saturated rings. The van der Waals surface area contributed by atoms with Gasteiger partial charge in [0.15, 0.2) is 0 Å². The van der Waals surface area contributed by atoms with Gasteiger partial charge in [0.25, 0.3) is 0 Å². The third kappa shape index (κ3) is 3.82. The van der Waals surface area contributed by atoms with Crippen LogP contribution >= 0.6 is 11.8 Å². The highest BCUT2D eigenvalue weighted by Crippen LogP contribution is 2.19. The van der Waals surface area contributed by atoms with Crippen LogP contribution < -0.4 is 0 Å². The zero-order chi connectivity index (χ0) is 11.1. The van der Waals surface area contributed by atoms with E-state index in [1.165, 1.54) is 11.8 Å². The standard InChI is InChI=1S/C11H13NO2S/c12-8-15-5-1-2-9-3-4-11(14)10(6-9)7-13/h3-4,6,13-14H,1-2,5,7H2. The first-order chi connectivity index (χ1) is 7.27. The van der Waals surface area contributed by atoms with Crippen molar-refractivity contribution in [3.8, 4) is 11.2 Å². The second kappa shape index (κ2) is 6.33. The van der Waals surface area contributed by atoms with Gasteiger partial charge in [0, 0.05) is 11.3 Å². The van der Waals surface area contributed by atoms with Crippen molar-refractivity contribution in [1.82, 2.24) is 0 Å². The fourth-order valence-electron chi connectivity index (χ4n) is 1.32. The van der Waals surface area contributed by atoms with Gasteiger partial charge in [-0.1, -0.05) is 6.07 Å². The Bertz CT molecular complexity index is 360. The summed E-state index contributed by atoms with van der Waals surface area (Å²) in [6.07, 6.45) is 1.79. The van der Waals surface area contributed by atoms with Crippen molar-refractivity contribution in [2.75, 3.05) is 5.75 Å². The van der Waals surface area contributed by atoms with Crippen LogP contribution in [0.4, 0.5) is 0 Å². The van der Waals surface area contributed by atoms with Crippen molar-refractivity contribution in [3.05, 3.63) is 29.3 Å². The molecule has 0 unspecified atom stereocenters. The fraction of sp³-hybridized carbons (Fsp3) is 0.364. The molecule has 1 aromatic carbocycles. The second-order valence-corrected chi connectivity index (χ2v) is 4.04. The van der Waals surface area contributed by atoms with E-state index < -0.39 is 0 Å². The zero-order valence-corrected chi connectivity index (χ0v) is 9.13. The first kappa shape index (κ1) is 11.9. The first-order valence-electron chi connectivity index (χ1n) is 4.70. The minimum atomic E-state index is -0.146. The molecule has 2 N–H and O–H groups in total. The number of thioether (sulfide) groups is 1. The highest BCUT2D eigenvalue weighted by Gasteiger charge is 2.01. The lowest BCUT2D eigenvalue weighted by atomic mass is 10.1. The molecule has 15 heavy (non-hydrogen) atoms. The highest BCUT2D eigenvalue weighted by atomic mass is 32.2. The smallest absolute Gasteiger partial charge is 0.133 e. The van der Waals surface area contributed by atoms with Crippen LogP contribution in [-0.4, -0.2) is 16.0 Å². The number of nitriles is 1. The molecular weight excluding hydrogens is 210 g/mol. The molecule has 0 bridgehead atoms. The number of aliphatic hydroxyl groups excluding tert-OH is 1. The average Bonchev–Trinajstić information content (AvgIpc) is 2.26. The zero-order valence-electron chi connectivity index (χ0n) is 8.31.